The summed E-state index contributed by atoms with van der Waals surface area (Å²) in [6.45, 7) is 19.3. The van der Waals surface area contributed by atoms with E-state index < -0.39 is 0 Å². The summed E-state index contributed by atoms with van der Waals surface area (Å²) in [5.74, 6) is 0.685. The Kier molecular flexibility index (Phi) is 8.83. The lowest BCUT2D eigenvalue weighted by atomic mass is 10.1. The van der Waals surface area contributed by atoms with Crippen LogP contribution in [0.2, 0.25) is 0 Å². The molecule has 0 aliphatic heterocycles. The monoisotopic (exact) mass is 284 g/mol. The number of ether oxygens (including phenoxy) is 3. The van der Waals surface area contributed by atoms with E-state index >= 15 is 0 Å². The lowest BCUT2D eigenvalue weighted by Crippen LogP contribution is -2.26. The van der Waals surface area contributed by atoms with E-state index in [0.29, 0.717) is 19.0 Å². The van der Waals surface area contributed by atoms with Crippen LogP contribution in [0.1, 0.15) is 54.9 Å². The van der Waals surface area contributed by atoms with Crippen LogP contribution in [0.15, 0.2) is 24.0 Å². The van der Waals surface area contributed by atoms with Crippen molar-refractivity contribution < 1.29 is 14.2 Å². The largest absolute Gasteiger partial charge is 0.496 e. The molecular weight excluding hydrogens is 252 g/mol. The van der Waals surface area contributed by atoms with Gasteiger partial charge in [-0.15, -0.1) is 0 Å². The Morgan fingerprint density at radius 1 is 1.25 bits per heavy atom. The summed E-state index contributed by atoms with van der Waals surface area (Å²) >= 11 is 0. The van der Waals surface area contributed by atoms with Crippen molar-refractivity contribution in [2.75, 3.05) is 13.2 Å². The zero-order valence-corrected chi connectivity index (χ0v) is 14.3. The van der Waals surface area contributed by atoms with Crippen LogP contribution in [0, 0.1) is 0 Å². The summed E-state index contributed by atoms with van der Waals surface area (Å²) in [4.78, 5) is 0. The highest BCUT2D eigenvalue weighted by atomic mass is 16.5. The first-order valence-corrected chi connectivity index (χ1v) is 7.42. The SMILES string of the molecule is C=C(COC(C)C/C=C(\C)C(C)OC(C)(C)C)OCC. The minimum atomic E-state index is -0.119. The van der Waals surface area contributed by atoms with Gasteiger partial charge in [0.15, 0.2) is 0 Å². The average Bonchev–Trinajstić information content (AvgIpc) is 2.31. The molecule has 0 fully saturated rings. The first-order valence-electron chi connectivity index (χ1n) is 7.42. The number of hydrogen-bond acceptors (Lipinski definition) is 3. The van der Waals surface area contributed by atoms with E-state index in [-0.39, 0.29) is 17.8 Å². The Labute approximate surface area is 125 Å². The van der Waals surface area contributed by atoms with E-state index in [9.17, 15) is 0 Å². The van der Waals surface area contributed by atoms with E-state index in [1.165, 1.54) is 5.57 Å². The Hall–Kier alpha value is -0.800. The average molecular weight is 284 g/mol. The lowest BCUT2D eigenvalue weighted by Gasteiger charge is -2.26. The molecule has 0 N–H and O–H groups in total. The predicted molar refractivity (Wildman–Crippen MR) is 84.9 cm³/mol. The predicted octanol–water partition coefficient (Wildman–Crippen LogP) is 4.48. The first kappa shape index (κ1) is 19.2. The summed E-state index contributed by atoms with van der Waals surface area (Å²) in [7, 11) is 0. The highest BCUT2D eigenvalue weighted by Crippen LogP contribution is 2.17. The summed E-state index contributed by atoms with van der Waals surface area (Å²) in [6, 6.07) is 0. The second-order valence-corrected chi connectivity index (χ2v) is 6.15. The van der Waals surface area contributed by atoms with Gasteiger partial charge in [0.25, 0.3) is 0 Å². The molecule has 0 spiro atoms. The molecule has 118 valence electrons. The van der Waals surface area contributed by atoms with Crippen LogP contribution in [0.25, 0.3) is 0 Å². The van der Waals surface area contributed by atoms with Crippen molar-refractivity contribution >= 4 is 0 Å². The maximum atomic E-state index is 5.92. The molecule has 0 saturated carbocycles. The van der Waals surface area contributed by atoms with Crippen LogP contribution >= 0.6 is 0 Å². The maximum Gasteiger partial charge on any atom is 0.114 e. The fraction of sp³-hybridized carbons (Fsp3) is 0.765. The van der Waals surface area contributed by atoms with Crippen LogP contribution in [0.5, 0.6) is 0 Å². The van der Waals surface area contributed by atoms with Crippen molar-refractivity contribution in [1.29, 1.82) is 0 Å². The van der Waals surface area contributed by atoms with E-state index in [1.54, 1.807) is 0 Å². The van der Waals surface area contributed by atoms with Gasteiger partial charge in [0.1, 0.15) is 12.4 Å². The molecule has 3 heteroatoms. The molecule has 0 heterocycles. The molecule has 0 radical (unpaired) electrons. The fourth-order valence-electron chi connectivity index (χ4n) is 1.69. The highest BCUT2D eigenvalue weighted by Gasteiger charge is 2.16. The summed E-state index contributed by atoms with van der Waals surface area (Å²) in [6.07, 6.45) is 3.32. The van der Waals surface area contributed by atoms with Gasteiger partial charge in [0.05, 0.1) is 24.4 Å². The minimum Gasteiger partial charge on any atom is -0.496 e. The minimum absolute atomic E-state index is 0.119. The maximum absolute atomic E-state index is 5.92. The zero-order valence-electron chi connectivity index (χ0n) is 14.3. The second-order valence-electron chi connectivity index (χ2n) is 6.15. The summed E-state index contributed by atoms with van der Waals surface area (Å²) in [5, 5.41) is 0. The molecule has 0 saturated heterocycles. The van der Waals surface area contributed by atoms with Gasteiger partial charge in [0.2, 0.25) is 0 Å². The van der Waals surface area contributed by atoms with E-state index in [4.69, 9.17) is 14.2 Å². The van der Waals surface area contributed by atoms with Crippen molar-refractivity contribution in [3.05, 3.63) is 24.0 Å². The second kappa shape index (κ2) is 9.19. The van der Waals surface area contributed by atoms with Crippen LogP contribution < -0.4 is 0 Å². The van der Waals surface area contributed by atoms with Gasteiger partial charge in [-0.3, -0.25) is 0 Å². The first-order chi connectivity index (χ1) is 9.15. The van der Waals surface area contributed by atoms with Gasteiger partial charge in [-0.25, -0.2) is 0 Å². The molecule has 20 heavy (non-hydrogen) atoms. The molecule has 0 bridgehead atoms. The molecule has 0 aliphatic rings. The summed E-state index contributed by atoms with van der Waals surface area (Å²) < 4.78 is 16.9. The van der Waals surface area contributed by atoms with E-state index in [1.807, 2.05) is 6.92 Å². The topological polar surface area (TPSA) is 27.7 Å². The number of rotatable bonds is 9. The third-order valence-electron chi connectivity index (χ3n) is 2.82. The van der Waals surface area contributed by atoms with Crippen LogP contribution in [0.4, 0.5) is 0 Å². The zero-order chi connectivity index (χ0) is 15.8. The third-order valence-corrected chi connectivity index (χ3v) is 2.82. The Balaban J connectivity index is 4.10. The lowest BCUT2D eigenvalue weighted by molar-refractivity contribution is -0.0350. The summed E-state index contributed by atoms with van der Waals surface area (Å²) in [5.41, 5.74) is 1.12. The van der Waals surface area contributed by atoms with Gasteiger partial charge in [-0.05, 0) is 60.5 Å². The Morgan fingerprint density at radius 3 is 2.35 bits per heavy atom. The number of hydrogen-bond donors (Lipinski definition) is 0. The molecule has 2 atom stereocenters. The quantitative estimate of drug-likeness (QED) is 0.461. The Morgan fingerprint density at radius 2 is 1.85 bits per heavy atom. The molecular formula is C17H32O3. The molecule has 0 aromatic carbocycles. The van der Waals surface area contributed by atoms with Gasteiger partial charge >= 0.3 is 0 Å². The molecule has 0 aromatic rings. The molecule has 0 amide bonds. The van der Waals surface area contributed by atoms with Crippen molar-refractivity contribution in [2.24, 2.45) is 0 Å². The van der Waals surface area contributed by atoms with Gasteiger partial charge in [0, 0.05) is 0 Å². The normalized spacial score (nSPS) is 15.8. The van der Waals surface area contributed by atoms with Crippen molar-refractivity contribution in [2.45, 2.75) is 72.7 Å². The smallest absolute Gasteiger partial charge is 0.114 e. The van der Waals surface area contributed by atoms with E-state index in [2.05, 4.69) is 54.2 Å². The van der Waals surface area contributed by atoms with Gasteiger partial charge in [-0.1, -0.05) is 12.7 Å². The molecule has 0 aromatic heterocycles. The van der Waals surface area contributed by atoms with Crippen LogP contribution in [-0.2, 0) is 14.2 Å². The van der Waals surface area contributed by atoms with Crippen LogP contribution in [0.3, 0.4) is 0 Å². The van der Waals surface area contributed by atoms with Crippen molar-refractivity contribution in [3.63, 3.8) is 0 Å². The standard InChI is InChI=1S/C17H32O3/c1-9-18-15(4)12-19-14(3)11-10-13(2)16(5)20-17(6,7)8/h10,14,16H,4,9,11-12H2,1-3,5-8H3/b13-10+. The van der Waals surface area contributed by atoms with Gasteiger partial charge < -0.3 is 14.2 Å². The molecule has 3 nitrogen and oxygen atoms in total. The molecule has 2 unspecified atom stereocenters. The van der Waals surface area contributed by atoms with Gasteiger partial charge in [-0.2, -0.15) is 0 Å². The van der Waals surface area contributed by atoms with E-state index in [0.717, 1.165) is 6.42 Å². The van der Waals surface area contributed by atoms with Crippen molar-refractivity contribution in [3.8, 4) is 0 Å². The fourth-order valence-corrected chi connectivity index (χ4v) is 1.69. The van der Waals surface area contributed by atoms with Crippen LogP contribution in [-0.4, -0.2) is 31.0 Å². The molecule has 0 rings (SSSR count). The Bertz CT molecular complexity index is 313. The highest BCUT2D eigenvalue weighted by molar-refractivity contribution is 5.04. The molecule has 0 aliphatic carbocycles. The third kappa shape index (κ3) is 10.0. The van der Waals surface area contributed by atoms with Crippen molar-refractivity contribution in [1.82, 2.24) is 0 Å².